The highest BCUT2D eigenvalue weighted by molar-refractivity contribution is 7.98. The number of aliphatic hydroxyl groups is 2. The second-order valence-corrected chi connectivity index (χ2v) is 16.1. The molecule has 0 radical (unpaired) electrons. The lowest BCUT2D eigenvalue weighted by atomic mass is 9.55. The van der Waals surface area contributed by atoms with Crippen molar-refractivity contribution >= 4 is 23.6 Å². The first-order valence-corrected chi connectivity index (χ1v) is 22.1. The van der Waals surface area contributed by atoms with Gasteiger partial charge >= 0.3 is 6.09 Å². The van der Waals surface area contributed by atoms with Crippen LogP contribution < -0.4 is 9.47 Å². The Morgan fingerprint density at radius 3 is 2.46 bits per heavy atom. The first kappa shape index (κ1) is 44.2. The van der Waals surface area contributed by atoms with Crippen LogP contribution in [0.1, 0.15) is 68.9 Å². The predicted molar refractivity (Wildman–Crippen MR) is 230 cm³/mol. The number of aliphatic hydroxyl groups excluding tert-OH is 2. The molecule has 11 nitrogen and oxygen atoms in total. The molecule has 2 N–H and O–H groups in total. The normalized spacial score (nSPS) is 23.6. The molecule has 6 rings (SSSR count). The highest BCUT2D eigenvalue weighted by Gasteiger charge is 2.65. The van der Waals surface area contributed by atoms with Crippen LogP contribution in [0.2, 0.25) is 0 Å². The van der Waals surface area contributed by atoms with Gasteiger partial charge in [0.05, 0.1) is 31.5 Å². The molecule has 0 spiro atoms. The van der Waals surface area contributed by atoms with Crippen molar-refractivity contribution < 1.29 is 43.5 Å². The fourth-order valence-corrected chi connectivity index (χ4v) is 9.30. The van der Waals surface area contributed by atoms with E-state index in [2.05, 4.69) is 18.7 Å². The molecular weight excluding hydrogens is 769 g/mol. The van der Waals surface area contributed by atoms with Crippen molar-refractivity contribution in [1.82, 2.24) is 4.90 Å². The molecule has 1 saturated carbocycles. The number of rotatable bonds is 22. The highest BCUT2D eigenvalue weighted by atomic mass is 32.2. The van der Waals surface area contributed by atoms with E-state index in [1.165, 1.54) is 0 Å². The highest BCUT2D eigenvalue weighted by Crippen LogP contribution is 2.62. The van der Waals surface area contributed by atoms with Gasteiger partial charge in [-0.3, -0.25) is 0 Å². The molecule has 59 heavy (non-hydrogen) atoms. The van der Waals surface area contributed by atoms with Gasteiger partial charge in [-0.1, -0.05) is 60.5 Å². The molecule has 1 amide bonds. The molecule has 1 aliphatic heterocycles. The van der Waals surface area contributed by atoms with E-state index in [1.807, 2.05) is 79.9 Å². The molecule has 3 aromatic rings. The zero-order valence-electron chi connectivity index (χ0n) is 34.6. The molecule has 0 saturated heterocycles. The Bertz CT molecular complexity index is 1870. The number of benzene rings is 3. The summed E-state index contributed by atoms with van der Waals surface area (Å²) >= 11 is 1.68. The number of hydrogen-bond acceptors (Lipinski definition) is 11. The molecular formula is C47H60N2O9S. The van der Waals surface area contributed by atoms with Crippen molar-refractivity contribution in [2.24, 2.45) is 22.9 Å². The average Bonchev–Trinajstić information content (AvgIpc) is 3.26. The standard InChI is InChI=1S/C47H60N2O9S/c1-5-26-55-47-43(49(3)46(52)54-28-27-53-32-33-14-8-7-9-15-33)31-41(48-56-6-2)39-29-34(16-10-12-24-50)38(17-11-13-25-51)44(45(39)47)40-30-36(20-23-42(40)58-47)57-35-18-21-37(59-4)22-19-35/h5,7-9,14-15,18-23,29-30,34,38,43-45,50-51H,1,6,10-13,16-17,24-28,31-32H2,2-4H3. The lowest BCUT2D eigenvalue weighted by molar-refractivity contribution is -0.253. The number of allylic oxidation sites excluding steroid dienone is 1. The van der Waals surface area contributed by atoms with Crippen molar-refractivity contribution in [2.75, 3.05) is 52.9 Å². The summed E-state index contributed by atoms with van der Waals surface area (Å²) in [5.74, 6) is 0.280. The average molecular weight is 829 g/mol. The minimum absolute atomic E-state index is 0.0647. The first-order chi connectivity index (χ1) is 28.9. The van der Waals surface area contributed by atoms with Crippen molar-refractivity contribution in [2.45, 2.75) is 81.1 Å². The Kier molecular flexibility index (Phi) is 16.3. The van der Waals surface area contributed by atoms with Crippen molar-refractivity contribution in [3.8, 4) is 17.2 Å². The van der Waals surface area contributed by atoms with E-state index in [9.17, 15) is 15.0 Å². The zero-order chi connectivity index (χ0) is 41.6. The third kappa shape index (κ3) is 10.5. The molecule has 1 heterocycles. The fourth-order valence-electron chi connectivity index (χ4n) is 8.89. The van der Waals surface area contributed by atoms with Gasteiger partial charge < -0.3 is 43.6 Å². The number of carbonyl (C=O) groups excluding carboxylic acids is 1. The second kappa shape index (κ2) is 21.8. The number of thioether (sulfide) groups is 1. The van der Waals surface area contributed by atoms with Crippen LogP contribution in [-0.2, 0) is 25.7 Å². The number of ether oxygens (including phenoxy) is 5. The number of hydrogen-bond donors (Lipinski definition) is 2. The van der Waals surface area contributed by atoms with Gasteiger partial charge in [0, 0.05) is 43.1 Å². The molecule has 0 bridgehead atoms. The van der Waals surface area contributed by atoms with E-state index in [0.717, 1.165) is 58.7 Å². The van der Waals surface area contributed by atoms with Gasteiger partial charge in [0.25, 0.3) is 0 Å². The van der Waals surface area contributed by atoms with E-state index in [-0.39, 0.29) is 57.2 Å². The number of fused-ring (bicyclic) bond motifs is 2. The topological polar surface area (TPSA) is 129 Å². The molecule has 6 atom stereocenters. The van der Waals surface area contributed by atoms with Crippen LogP contribution in [0.5, 0.6) is 17.2 Å². The van der Waals surface area contributed by atoms with Crippen LogP contribution in [-0.4, -0.2) is 91.7 Å². The third-order valence-electron chi connectivity index (χ3n) is 11.6. The Morgan fingerprint density at radius 2 is 1.75 bits per heavy atom. The SMILES string of the molecule is C=CCOC12Oc3ccc(Oc4ccc(SC)cc4)cc3C3C(CCCCO)C(CCCCO)C=C(C(=NOCC)CC1N(C)C(=O)OCCOCc1ccccc1)C32. The summed E-state index contributed by atoms with van der Waals surface area (Å²) < 4.78 is 32.3. The summed E-state index contributed by atoms with van der Waals surface area (Å²) in [6.45, 7) is 7.37. The Labute approximate surface area is 353 Å². The molecule has 2 aliphatic carbocycles. The van der Waals surface area contributed by atoms with Crippen molar-refractivity contribution in [3.63, 3.8) is 0 Å². The van der Waals surface area contributed by atoms with E-state index in [4.69, 9.17) is 33.7 Å². The Balaban J connectivity index is 1.42. The minimum Gasteiger partial charge on any atom is -0.459 e. The number of carbonyl (C=O) groups is 1. The Hall–Kier alpha value is -4.33. The molecule has 0 aromatic heterocycles. The summed E-state index contributed by atoms with van der Waals surface area (Å²) in [6.07, 6.45) is 10.5. The number of likely N-dealkylation sites (N-methyl/N-ethyl adjacent to an activating group) is 1. The molecule has 1 fully saturated rings. The zero-order valence-corrected chi connectivity index (χ0v) is 35.4. The summed E-state index contributed by atoms with van der Waals surface area (Å²) in [6, 6.07) is 23.1. The molecule has 12 heteroatoms. The number of unbranched alkanes of at least 4 members (excludes halogenated alkanes) is 2. The molecule has 318 valence electrons. The van der Waals surface area contributed by atoms with Gasteiger partial charge in [0.2, 0.25) is 5.79 Å². The molecule has 3 aromatic carbocycles. The maximum atomic E-state index is 14.0. The Morgan fingerprint density at radius 1 is 1.00 bits per heavy atom. The molecule has 6 unspecified atom stereocenters. The van der Waals surface area contributed by atoms with Crippen LogP contribution in [0.3, 0.4) is 0 Å². The maximum Gasteiger partial charge on any atom is 0.410 e. The van der Waals surface area contributed by atoms with E-state index in [0.29, 0.717) is 37.6 Å². The number of amides is 1. The van der Waals surface area contributed by atoms with Gasteiger partial charge in [-0.25, -0.2) is 4.79 Å². The lowest BCUT2D eigenvalue weighted by Crippen LogP contribution is -2.69. The number of nitrogens with zero attached hydrogens (tertiary/aromatic N) is 2. The quantitative estimate of drug-likeness (QED) is 0.0438. The van der Waals surface area contributed by atoms with Gasteiger partial charge in [-0.15, -0.1) is 18.3 Å². The summed E-state index contributed by atoms with van der Waals surface area (Å²) in [7, 11) is 1.72. The van der Waals surface area contributed by atoms with Crippen LogP contribution in [0.25, 0.3) is 0 Å². The van der Waals surface area contributed by atoms with Gasteiger partial charge in [-0.05, 0) is 104 Å². The lowest BCUT2D eigenvalue weighted by Gasteiger charge is -2.59. The van der Waals surface area contributed by atoms with Crippen LogP contribution >= 0.6 is 11.8 Å². The van der Waals surface area contributed by atoms with Gasteiger partial charge in [-0.2, -0.15) is 0 Å². The fraction of sp³-hybridized carbons (Fsp3) is 0.489. The van der Waals surface area contributed by atoms with Gasteiger partial charge in [0.15, 0.2) is 0 Å². The monoisotopic (exact) mass is 828 g/mol. The van der Waals surface area contributed by atoms with Gasteiger partial charge in [0.1, 0.15) is 36.5 Å². The molecule has 3 aliphatic rings. The minimum atomic E-state index is -1.37. The smallest absolute Gasteiger partial charge is 0.410 e. The van der Waals surface area contributed by atoms with E-state index >= 15 is 0 Å². The third-order valence-corrected chi connectivity index (χ3v) is 12.3. The number of oxime groups is 1. The van der Waals surface area contributed by atoms with Crippen LogP contribution in [0, 0.1) is 17.8 Å². The van der Waals surface area contributed by atoms with Crippen LogP contribution in [0.4, 0.5) is 4.79 Å². The second-order valence-electron chi connectivity index (χ2n) is 15.2. The largest absolute Gasteiger partial charge is 0.459 e. The first-order valence-electron chi connectivity index (χ1n) is 20.9. The maximum absolute atomic E-state index is 14.0. The van der Waals surface area contributed by atoms with Crippen molar-refractivity contribution in [3.05, 3.63) is 108 Å². The van der Waals surface area contributed by atoms with Crippen LogP contribution in [0.15, 0.2) is 107 Å². The predicted octanol–water partition coefficient (Wildman–Crippen LogP) is 9.14. The van der Waals surface area contributed by atoms with Crippen molar-refractivity contribution in [1.29, 1.82) is 0 Å². The summed E-state index contributed by atoms with van der Waals surface area (Å²) in [5.41, 5.74) is 3.71. The summed E-state index contributed by atoms with van der Waals surface area (Å²) in [4.78, 5) is 22.6. The summed E-state index contributed by atoms with van der Waals surface area (Å²) in [5, 5.41) is 24.4. The van der Waals surface area contributed by atoms with E-state index < -0.39 is 23.8 Å². The van der Waals surface area contributed by atoms with E-state index in [1.54, 1.807) is 29.8 Å².